The third kappa shape index (κ3) is 3.14. The Morgan fingerprint density at radius 1 is 1.36 bits per heavy atom. The zero-order chi connectivity index (χ0) is 10.6. The Balaban J connectivity index is 2.46. The van der Waals surface area contributed by atoms with Gasteiger partial charge < -0.3 is 11.5 Å². The summed E-state index contributed by atoms with van der Waals surface area (Å²) in [7, 11) is 0. The number of amides is 1. The molecule has 0 bridgehead atoms. The van der Waals surface area contributed by atoms with Crippen LogP contribution in [0, 0.1) is 5.82 Å². The Labute approximate surface area is 81.9 Å². The molecule has 0 saturated carbocycles. The first-order chi connectivity index (χ1) is 6.59. The van der Waals surface area contributed by atoms with Crippen LogP contribution in [-0.2, 0) is 11.2 Å². The molecule has 1 atom stereocenters. The first-order valence-electron chi connectivity index (χ1n) is 4.39. The lowest BCUT2D eigenvalue weighted by Crippen LogP contribution is -2.36. The van der Waals surface area contributed by atoms with Crippen LogP contribution >= 0.6 is 0 Å². The highest BCUT2D eigenvalue weighted by atomic mass is 19.1. The fourth-order valence-corrected chi connectivity index (χ4v) is 1.12. The van der Waals surface area contributed by atoms with Gasteiger partial charge in [0, 0.05) is 0 Å². The number of carbonyl (C=O) groups excluding carboxylic acids is 1. The largest absolute Gasteiger partial charge is 0.368 e. The standard InChI is InChI=1S/C10H13FN2O/c11-8-4-1-7(2-5-8)3-6-9(12)10(13)14/h1-2,4-5,9H,3,6,12H2,(H2,13,14). The van der Waals surface area contributed by atoms with Gasteiger partial charge in [-0.15, -0.1) is 0 Å². The maximum absolute atomic E-state index is 12.5. The van der Waals surface area contributed by atoms with Crippen LogP contribution < -0.4 is 11.5 Å². The summed E-state index contributed by atoms with van der Waals surface area (Å²) in [5, 5.41) is 0. The molecule has 1 amide bonds. The van der Waals surface area contributed by atoms with E-state index in [0.717, 1.165) is 5.56 Å². The minimum absolute atomic E-state index is 0.270. The van der Waals surface area contributed by atoms with E-state index in [9.17, 15) is 9.18 Å². The SMILES string of the molecule is NC(=O)C(N)CCc1ccc(F)cc1. The molecule has 1 rings (SSSR count). The van der Waals surface area contributed by atoms with Gasteiger partial charge in [0.2, 0.25) is 5.91 Å². The van der Waals surface area contributed by atoms with Crippen molar-refractivity contribution in [1.29, 1.82) is 0 Å². The van der Waals surface area contributed by atoms with Crippen molar-refractivity contribution in [3.63, 3.8) is 0 Å². The summed E-state index contributed by atoms with van der Waals surface area (Å²) in [5.74, 6) is -0.778. The Morgan fingerprint density at radius 3 is 2.43 bits per heavy atom. The van der Waals surface area contributed by atoms with Crippen LogP contribution in [0.25, 0.3) is 0 Å². The van der Waals surface area contributed by atoms with Gasteiger partial charge in [-0.25, -0.2) is 4.39 Å². The lowest BCUT2D eigenvalue weighted by atomic mass is 10.1. The van der Waals surface area contributed by atoms with Gasteiger partial charge in [0.15, 0.2) is 0 Å². The molecule has 1 aromatic rings. The van der Waals surface area contributed by atoms with E-state index >= 15 is 0 Å². The summed E-state index contributed by atoms with van der Waals surface area (Å²) in [4.78, 5) is 10.6. The second kappa shape index (κ2) is 4.72. The number of nitrogens with two attached hydrogens (primary N) is 2. The number of rotatable bonds is 4. The minimum Gasteiger partial charge on any atom is -0.368 e. The van der Waals surface area contributed by atoms with Crippen LogP contribution in [0.15, 0.2) is 24.3 Å². The van der Waals surface area contributed by atoms with E-state index in [-0.39, 0.29) is 5.82 Å². The third-order valence-corrected chi connectivity index (χ3v) is 2.02. The molecule has 0 radical (unpaired) electrons. The van der Waals surface area contributed by atoms with Crippen molar-refractivity contribution in [2.45, 2.75) is 18.9 Å². The van der Waals surface area contributed by atoms with Crippen molar-refractivity contribution < 1.29 is 9.18 Å². The van der Waals surface area contributed by atoms with Crippen molar-refractivity contribution >= 4 is 5.91 Å². The van der Waals surface area contributed by atoms with E-state index in [1.54, 1.807) is 12.1 Å². The highest BCUT2D eigenvalue weighted by Crippen LogP contribution is 2.06. The van der Waals surface area contributed by atoms with Gasteiger partial charge >= 0.3 is 0 Å². The fourth-order valence-electron chi connectivity index (χ4n) is 1.12. The molecule has 0 heterocycles. The predicted molar refractivity (Wildman–Crippen MR) is 51.9 cm³/mol. The number of benzene rings is 1. The summed E-state index contributed by atoms with van der Waals surface area (Å²) < 4.78 is 12.5. The zero-order valence-corrected chi connectivity index (χ0v) is 7.74. The lowest BCUT2D eigenvalue weighted by Gasteiger charge is -2.06. The Kier molecular flexibility index (Phi) is 3.59. The highest BCUT2D eigenvalue weighted by molar-refractivity contribution is 5.79. The second-order valence-electron chi connectivity index (χ2n) is 3.17. The molecule has 76 valence electrons. The lowest BCUT2D eigenvalue weighted by molar-refractivity contribution is -0.119. The molecule has 0 aliphatic heterocycles. The predicted octanol–water partition coefficient (Wildman–Crippen LogP) is 0.571. The smallest absolute Gasteiger partial charge is 0.234 e. The van der Waals surface area contributed by atoms with E-state index in [1.807, 2.05) is 0 Å². The van der Waals surface area contributed by atoms with Gasteiger partial charge in [-0.3, -0.25) is 4.79 Å². The molecule has 0 fully saturated rings. The number of aryl methyl sites for hydroxylation is 1. The van der Waals surface area contributed by atoms with E-state index in [2.05, 4.69) is 0 Å². The molecule has 4 heteroatoms. The molecule has 0 aliphatic rings. The molecular formula is C10H13FN2O. The molecule has 4 N–H and O–H groups in total. The Hall–Kier alpha value is -1.42. The van der Waals surface area contributed by atoms with Crippen molar-refractivity contribution in [3.05, 3.63) is 35.6 Å². The molecule has 14 heavy (non-hydrogen) atoms. The van der Waals surface area contributed by atoms with Crippen LogP contribution in [0.2, 0.25) is 0 Å². The topological polar surface area (TPSA) is 69.1 Å². The van der Waals surface area contributed by atoms with Crippen LogP contribution in [0.1, 0.15) is 12.0 Å². The summed E-state index contributed by atoms with van der Waals surface area (Å²) in [6.07, 6.45) is 1.12. The number of hydrogen-bond donors (Lipinski definition) is 2. The first kappa shape index (κ1) is 10.7. The first-order valence-corrected chi connectivity index (χ1v) is 4.39. The summed E-state index contributed by atoms with van der Waals surface area (Å²) >= 11 is 0. The van der Waals surface area contributed by atoms with Crippen LogP contribution in [0.5, 0.6) is 0 Å². The van der Waals surface area contributed by atoms with Gasteiger partial charge in [-0.1, -0.05) is 12.1 Å². The van der Waals surface area contributed by atoms with Crippen molar-refractivity contribution in [1.82, 2.24) is 0 Å². The van der Waals surface area contributed by atoms with E-state index in [0.29, 0.717) is 12.8 Å². The second-order valence-corrected chi connectivity index (χ2v) is 3.17. The fraction of sp³-hybridized carbons (Fsp3) is 0.300. The summed E-state index contributed by atoms with van der Waals surface area (Å²) in [6.45, 7) is 0. The quantitative estimate of drug-likeness (QED) is 0.739. The number of carbonyl (C=O) groups is 1. The highest BCUT2D eigenvalue weighted by Gasteiger charge is 2.08. The van der Waals surface area contributed by atoms with Crippen molar-refractivity contribution in [3.8, 4) is 0 Å². The molecule has 0 aliphatic carbocycles. The Bertz CT molecular complexity index is 310. The number of hydrogen-bond acceptors (Lipinski definition) is 2. The molecule has 1 unspecified atom stereocenters. The maximum atomic E-state index is 12.5. The molecule has 1 aromatic carbocycles. The number of primary amides is 1. The normalized spacial score (nSPS) is 12.4. The third-order valence-electron chi connectivity index (χ3n) is 2.02. The van der Waals surface area contributed by atoms with Crippen LogP contribution in [0.4, 0.5) is 4.39 Å². The van der Waals surface area contributed by atoms with Gasteiger partial charge in [0.25, 0.3) is 0 Å². The average Bonchev–Trinajstić information content (AvgIpc) is 2.16. The van der Waals surface area contributed by atoms with Crippen LogP contribution in [0.3, 0.4) is 0 Å². The molecule has 0 saturated heterocycles. The van der Waals surface area contributed by atoms with E-state index in [4.69, 9.17) is 11.5 Å². The van der Waals surface area contributed by atoms with E-state index in [1.165, 1.54) is 12.1 Å². The maximum Gasteiger partial charge on any atom is 0.234 e. The van der Waals surface area contributed by atoms with Crippen molar-refractivity contribution in [2.24, 2.45) is 11.5 Å². The van der Waals surface area contributed by atoms with Gasteiger partial charge in [0.05, 0.1) is 6.04 Å². The zero-order valence-electron chi connectivity index (χ0n) is 7.74. The van der Waals surface area contributed by atoms with Crippen molar-refractivity contribution in [2.75, 3.05) is 0 Å². The molecule has 3 nitrogen and oxygen atoms in total. The molecular weight excluding hydrogens is 183 g/mol. The van der Waals surface area contributed by atoms with Crippen LogP contribution in [-0.4, -0.2) is 11.9 Å². The Morgan fingerprint density at radius 2 is 1.93 bits per heavy atom. The van der Waals surface area contributed by atoms with E-state index < -0.39 is 11.9 Å². The van der Waals surface area contributed by atoms with Gasteiger partial charge in [0.1, 0.15) is 5.82 Å². The molecule has 0 spiro atoms. The average molecular weight is 196 g/mol. The minimum atomic E-state index is -0.625. The summed E-state index contributed by atoms with van der Waals surface area (Å²) in [5.41, 5.74) is 11.4. The van der Waals surface area contributed by atoms with Gasteiger partial charge in [-0.2, -0.15) is 0 Å². The molecule has 0 aromatic heterocycles. The summed E-state index contributed by atoms with van der Waals surface area (Å²) in [6, 6.07) is 5.47. The number of halogens is 1. The monoisotopic (exact) mass is 196 g/mol. The van der Waals surface area contributed by atoms with Gasteiger partial charge in [-0.05, 0) is 30.5 Å².